The van der Waals surface area contributed by atoms with Crippen LogP contribution in [0.5, 0.6) is 0 Å². The van der Waals surface area contributed by atoms with Gasteiger partial charge in [-0.15, -0.1) is 5.10 Å². The second kappa shape index (κ2) is 4.68. The number of para-hydroxylation sites is 1. The lowest BCUT2D eigenvalue weighted by atomic mass is 10.1. The largest absolute Gasteiger partial charge is 0.393 e. The number of amides is 1. The molecule has 0 fully saturated rings. The summed E-state index contributed by atoms with van der Waals surface area (Å²) in [7, 11) is 1.53. The fourth-order valence-corrected chi connectivity index (χ4v) is 1.41. The molecule has 0 bridgehead atoms. The van der Waals surface area contributed by atoms with E-state index in [2.05, 4.69) is 20.7 Å². The van der Waals surface area contributed by atoms with Crippen molar-refractivity contribution in [1.82, 2.24) is 20.2 Å². The first-order valence-electron chi connectivity index (χ1n) is 5.07. The van der Waals surface area contributed by atoms with Crippen LogP contribution < -0.4 is 11.1 Å². The molecule has 1 amide bonds. The molecule has 0 aliphatic heterocycles. The number of aromatic nitrogens is 4. The number of nitrogens with two attached hydrogens (primary N) is 1. The normalized spacial score (nSPS) is 10.2. The molecule has 19 heavy (non-hydrogen) atoms. The van der Waals surface area contributed by atoms with Crippen LogP contribution in [0.4, 0.5) is 17.3 Å². The van der Waals surface area contributed by atoms with Gasteiger partial charge in [-0.1, -0.05) is 11.2 Å². The summed E-state index contributed by atoms with van der Waals surface area (Å²) in [5.74, 6) is -0.660. The number of carbonyl (C=O) groups excluding carboxylic acids is 1. The highest BCUT2D eigenvalue weighted by molar-refractivity contribution is 6.08. The molecule has 0 saturated heterocycles. The number of rotatable bonds is 3. The lowest BCUT2D eigenvalue weighted by Gasteiger charge is -2.04. The highest BCUT2D eigenvalue weighted by Gasteiger charge is 2.19. The highest BCUT2D eigenvalue weighted by Crippen LogP contribution is 2.25. The van der Waals surface area contributed by atoms with Crippen LogP contribution in [0.3, 0.4) is 0 Å². The van der Waals surface area contributed by atoms with Gasteiger partial charge in [0.1, 0.15) is 5.69 Å². The maximum absolute atomic E-state index is 11.9. The van der Waals surface area contributed by atoms with Gasteiger partial charge in [-0.3, -0.25) is 20.2 Å². The second-order valence-electron chi connectivity index (χ2n) is 3.55. The predicted octanol–water partition coefficient (Wildman–Crippen LogP) is -0.0472. The van der Waals surface area contributed by atoms with Gasteiger partial charge >= 0.3 is 0 Å². The standard InChI is InChI=1S/C9H9N7O3/c1-15-13-9(12-14-15)11-8(17)5-3-2-4-6(7(5)10)16(18)19/h2-4H,10H2,1H3,(H,11,13,17). The number of nitrogens with zero attached hydrogens (tertiary/aromatic N) is 5. The molecular weight excluding hydrogens is 254 g/mol. The molecule has 0 unspecified atom stereocenters. The molecule has 0 radical (unpaired) electrons. The monoisotopic (exact) mass is 263 g/mol. The van der Waals surface area contributed by atoms with Gasteiger partial charge in [0, 0.05) is 6.07 Å². The van der Waals surface area contributed by atoms with Crippen molar-refractivity contribution in [3.63, 3.8) is 0 Å². The first-order chi connectivity index (χ1) is 8.99. The van der Waals surface area contributed by atoms with Gasteiger partial charge in [-0.2, -0.15) is 4.80 Å². The van der Waals surface area contributed by atoms with E-state index in [1.165, 1.54) is 25.2 Å². The number of tetrazole rings is 1. The third-order valence-corrected chi connectivity index (χ3v) is 2.26. The minimum Gasteiger partial charge on any atom is -0.393 e. The van der Waals surface area contributed by atoms with Crippen LogP contribution in [0.2, 0.25) is 0 Å². The number of nitrogen functional groups attached to an aromatic ring is 1. The Labute approximate surface area is 106 Å². The quantitative estimate of drug-likeness (QED) is 0.449. The van der Waals surface area contributed by atoms with Crippen LogP contribution >= 0.6 is 0 Å². The first-order valence-corrected chi connectivity index (χ1v) is 5.07. The summed E-state index contributed by atoms with van der Waals surface area (Å²) in [6.07, 6.45) is 0. The second-order valence-corrected chi connectivity index (χ2v) is 3.55. The third-order valence-electron chi connectivity index (χ3n) is 2.26. The minimum absolute atomic E-state index is 0.0154. The Balaban J connectivity index is 2.29. The van der Waals surface area contributed by atoms with E-state index >= 15 is 0 Å². The Kier molecular flexibility index (Phi) is 3.06. The Morgan fingerprint density at radius 2 is 2.26 bits per heavy atom. The van der Waals surface area contributed by atoms with E-state index in [9.17, 15) is 14.9 Å². The number of nitro benzene ring substituents is 1. The van der Waals surface area contributed by atoms with Gasteiger partial charge < -0.3 is 5.73 Å². The fraction of sp³-hybridized carbons (Fsp3) is 0.111. The van der Waals surface area contributed by atoms with Gasteiger partial charge in [-0.25, -0.2) is 0 Å². The minimum atomic E-state index is -0.660. The molecule has 1 heterocycles. The van der Waals surface area contributed by atoms with Crippen LogP contribution in [0, 0.1) is 10.1 Å². The molecule has 1 aromatic carbocycles. The zero-order valence-electron chi connectivity index (χ0n) is 9.77. The van der Waals surface area contributed by atoms with Crippen molar-refractivity contribution < 1.29 is 9.72 Å². The number of anilines is 2. The van der Waals surface area contributed by atoms with Gasteiger partial charge in [0.2, 0.25) is 0 Å². The van der Waals surface area contributed by atoms with Gasteiger partial charge in [0.05, 0.1) is 17.5 Å². The summed E-state index contributed by atoms with van der Waals surface area (Å²) in [4.78, 5) is 23.1. The molecule has 98 valence electrons. The maximum Gasteiger partial charge on any atom is 0.292 e. The molecule has 3 N–H and O–H groups in total. The van der Waals surface area contributed by atoms with Crippen LogP contribution in [0.1, 0.15) is 10.4 Å². The summed E-state index contributed by atoms with van der Waals surface area (Å²) >= 11 is 0. The maximum atomic E-state index is 11.9. The van der Waals surface area contributed by atoms with Crippen molar-refractivity contribution in [1.29, 1.82) is 0 Å². The van der Waals surface area contributed by atoms with E-state index in [0.717, 1.165) is 4.80 Å². The van der Waals surface area contributed by atoms with Crippen molar-refractivity contribution in [3.8, 4) is 0 Å². The molecule has 0 spiro atoms. The summed E-state index contributed by atoms with van der Waals surface area (Å²) in [6.45, 7) is 0. The molecule has 0 saturated carbocycles. The average molecular weight is 263 g/mol. The van der Waals surface area contributed by atoms with Crippen molar-refractivity contribution in [3.05, 3.63) is 33.9 Å². The van der Waals surface area contributed by atoms with Gasteiger partial charge in [-0.05, 0) is 11.3 Å². The Morgan fingerprint density at radius 1 is 1.53 bits per heavy atom. The van der Waals surface area contributed by atoms with Crippen molar-refractivity contribution in [2.24, 2.45) is 7.05 Å². The van der Waals surface area contributed by atoms with E-state index in [0.29, 0.717) is 0 Å². The molecule has 10 heteroatoms. The van der Waals surface area contributed by atoms with Crippen LogP contribution in [0.25, 0.3) is 0 Å². The van der Waals surface area contributed by atoms with E-state index < -0.39 is 10.8 Å². The number of hydrogen-bond acceptors (Lipinski definition) is 7. The third kappa shape index (κ3) is 2.46. The Morgan fingerprint density at radius 3 is 2.84 bits per heavy atom. The molecule has 0 aliphatic rings. The number of aryl methyl sites for hydroxylation is 1. The van der Waals surface area contributed by atoms with E-state index in [1.54, 1.807) is 0 Å². The van der Waals surface area contributed by atoms with Crippen LogP contribution in [-0.2, 0) is 7.05 Å². The number of nitro groups is 1. The van der Waals surface area contributed by atoms with Crippen molar-refractivity contribution in [2.75, 3.05) is 11.1 Å². The van der Waals surface area contributed by atoms with E-state index in [4.69, 9.17) is 5.73 Å². The Hall–Kier alpha value is -3.04. The molecule has 2 rings (SSSR count). The highest BCUT2D eigenvalue weighted by atomic mass is 16.6. The van der Waals surface area contributed by atoms with E-state index in [-0.39, 0.29) is 22.9 Å². The molecular formula is C9H9N7O3. The summed E-state index contributed by atoms with van der Waals surface area (Å²) < 4.78 is 0. The Bertz CT molecular complexity index is 651. The molecule has 10 nitrogen and oxygen atoms in total. The van der Waals surface area contributed by atoms with Crippen LogP contribution in [0.15, 0.2) is 18.2 Å². The summed E-state index contributed by atoms with van der Waals surface area (Å²) in [6, 6.07) is 3.95. The van der Waals surface area contributed by atoms with E-state index in [1.807, 2.05) is 0 Å². The number of hydrogen-bond donors (Lipinski definition) is 2. The molecule has 0 atom stereocenters. The fourth-order valence-electron chi connectivity index (χ4n) is 1.41. The smallest absolute Gasteiger partial charge is 0.292 e. The van der Waals surface area contributed by atoms with Gasteiger partial charge in [0.25, 0.3) is 17.5 Å². The number of benzene rings is 1. The molecule has 2 aromatic rings. The predicted molar refractivity (Wildman–Crippen MR) is 64.3 cm³/mol. The van der Waals surface area contributed by atoms with Crippen molar-refractivity contribution in [2.45, 2.75) is 0 Å². The lowest BCUT2D eigenvalue weighted by molar-refractivity contribution is -0.383. The SMILES string of the molecule is Cn1nnc(NC(=O)c2cccc([N+](=O)[O-])c2N)n1. The molecule has 1 aromatic heterocycles. The zero-order chi connectivity index (χ0) is 14.0. The van der Waals surface area contributed by atoms with Gasteiger partial charge in [0.15, 0.2) is 0 Å². The lowest BCUT2D eigenvalue weighted by Crippen LogP contribution is -2.16. The van der Waals surface area contributed by atoms with Crippen molar-refractivity contribution >= 4 is 23.2 Å². The molecule has 0 aliphatic carbocycles. The number of carbonyl (C=O) groups is 1. The summed E-state index contributed by atoms with van der Waals surface area (Å²) in [5, 5.41) is 23.9. The number of nitrogens with one attached hydrogen (secondary N) is 1. The average Bonchev–Trinajstić information content (AvgIpc) is 2.74. The topological polar surface area (TPSA) is 142 Å². The van der Waals surface area contributed by atoms with Crippen LogP contribution in [-0.4, -0.2) is 31.0 Å². The first kappa shape index (κ1) is 12.4. The zero-order valence-corrected chi connectivity index (χ0v) is 9.77. The summed E-state index contributed by atoms with van der Waals surface area (Å²) in [5.41, 5.74) is 5.01.